The molecule has 2 unspecified atom stereocenters. The van der Waals surface area contributed by atoms with Gasteiger partial charge in [0.1, 0.15) is 0 Å². The van der Waals surface area contributed by atoms with Gasteiger partial charge in [-0.3, -0.25) is 4.68 Å². The summed E-state index contributed by atoms with van der Waals surface area (Å²) < 4.78 is 8.37. The average molecular weight is 303 g/mol. The molecule has 1 fully saturated rings. The third kappa shape index (κ3) is 3.09. The molecule has 0 aliphatic carbocycles. The first-order valence-corrected chi connectivity index (χ1v) is 6.85. The van der Waals surface area contributed by atoms with Crippen molar-refractivity contribution < 1.29 is 9.84 Å². The van der Waals surface area contributed by atoms with Gasteiger partial charge in [0.05, 0.1) is 28.1 Å². The predicted octanol–water partition coefficient (Wildman–Crippen LogP) is 1.96. The van der Waals surface area contributed by atoms with Crippen LogP contribution in [0, 0.1) is 6.92 Å². The number of nitrogens with zero attached hydrogens (tertiary/aromatic N) is 2. The zero-order valence-corrected chi connectivity index (χ0v) is 11.9. The number of rotatable bonds is 4. The zero-order chi connectivity index (χ0) is 12.4. The van der Waals surface area contributed by atoms with Crippen molar-refractivity contribution in [2.45, 2.75) is 44.8 Å². The summed E-state index contributed by atoms with van der Waals surface area (Å²) in [5, 5.41) is 14.4. The molecule has 96 valence electrons. The largest absolute Gasteiger partial charge is 0.393 e. The Balaban J connectivity index is 1.95. The van der Waals surface area contributed by atoms with Crippen molar-refractivity contribution in [2.75, 3.05) is 6.61 Å². The normalized spacial score (nSPS) is 22.0. The molecule has 1 aliphatic heterocycles. The molecule has 1 aromatic heterocycles. The van der Waals surface area contributed by atoms with Crippen LogP contribution in [0.5, 0.6) is 0 Å². The summed E-state index contributed by atoms with van der Waals surface area (Å²) in [6.07, 6.45) is 3.41. The standard InChI is InChI=1S/C12H19BrN2O2/c1-8-12(13)11(15(2)14-8)7-9(16)6-10-4-3-5-17-10/h9-10,16H,3-7H2,1-2H3. The summed E-state index contributed by atoms with van der Waals surface area (Å²) in [6, 6.07) is 0. The average Bonchev–Trinajstić information content (AvgIpc) is 2.83. The Bertz CT molecular complexity index is 386. The second kappa shape index (κ2) is 5.50. The molecule has 2 rings (SSSR count). The number of hydrogen-bond donors (Lipinski definition) is 1. The van der Waals surface area contributed by atoms with E-state index in [9.17, 15) is 5.11 Å². The third-order valence-electron chi connectivity index (χ3n) is 3.25. The van der Waals surface area contributed by atoms with E-state index in [0.717, 1.165) is 41.7 Å². The van der Waals surface area contributed by atoms with E-state index >= 15 is 0 Å². The lowest BCUT2D eigenvalue weighted by Crippen LogP contribution is -2.20. The van der Waals surface area contributed by atoms with E-state index in [-0.39, 0.29) is 12.2 Å². The molecule has 5 heteroatoms. The van der Waals surface area contributed by atoms with Crippen molar-refractivity contribution in [1.82, 2.24) is 9.78 Å². The molecule has 0 saturated carbocycles. The van der Waals surface area contributed by atoms with Gasteiger partial charge in [0.2, 0.25) is 0 Å². The molecule has 1 N–H and O–H groups in total. The van der Waals surface area contributed by atoms with Crippen molar-refractivity contribution in [3.63, 3.8) is 0 Å². The maximum Gasteiger partial charge on any atom is 0.0738 e. The highest BCUT2D eigenvalue weighted by Crippen LogP contribution is 2.24. The Kier molecular flexibility index (Phi) is 4.22. The Morgan fingerprint density at radius 2 is 2.41 bits per heavy atom. The van der Waals surface area contributed by atoms with Crippen molar-refractivity contribution in [3.05, 3.63) is 15.9 Å². The number of aryl methyl sites for hydroxylation is 2. The predicted molar refractivity (Wildman–Crippen MR) is 68.9 cm³/mol. The first-order chi connectivity index (χ1) is 8.08. The van der Waals surface area contributed by atoms with Crippen molar-refractivity contribution in [1.29, 1.82) is 0 Å². The molecule has 0 spiro atoms. The molecule has 1 aliphatic rings. The first kappa shape index (κ1) is 13.1. The van der Waals surface area contributed by atoms with Crippen molar-refractivity contribution >= 4 is 15.9 Å². The highest BCUT2D eigenvalue weighted by molar-refractivity contribution is 9.10. The minimum absolute atomic E-state index is 0.234. The van der Waals surface area contributed by atoms with Crippen LogP contribution in [0.25, 0.3) is 0 Å². The number of aliphatic hydroxyl groups excluding tert-OH is 1. The highest BCUT2D eigenvalue weighted by atomic mass is 79.9. The number of aliphatic hydroxyl groups is 1. The van der Waals surface area contributed by atoms with Gasteiger partial charge in [-0.15, -0.1) is 0 Å². The van der Waals surface area contributed by atoms with Crippen LogP contribution in [0.1, 0.15) is 30.7 Å². The second-order valence-corrected chi connectivity index (χ2v) is 5.49. The van der Waals surface area contributed by atoms with Gasteiger partial charge < -0.3 is 9.84 Å². The highest BCUT2D eigenvalue weighted by Gasteiger charge is 2.21. The van der Waals surface area contributed by atoms with E-state index in [2.05, 4.69) is 21.0 Å². The summed E-state index contributed by atoms with van der Waals surface area (Å²) >= 11 is 3.52. The Hall–Kier alpha value is -0.390. The fourth-order valence-corrected chi connectivity index (χ4v) is 2.84. The van der Waals surface area contributed by atoms with E-state index in [1.807, 2.05) is 18.7 Å². The fourth-order valence-electron chi connectivity index (χ4n) is 2.34. The molecule has 1 aromatic rings. The molecular formula is C12H19BrN2O2. The topological polar surface area (TPSA) is 47.3 Å². The van der Waals surface area contributed by atoms with Crippen molar-refractivity contribution in [3.8, 4) is 0 Å². The van der Waals surface area contributed by atoms with E-state index in [0.29, 0.717) is 6.42 Å². The monoisotopic (exact) mass is 302 g/mol. The van der Waals surface area contributed by atoms with Gasteiger partial charge in [-0.1, -0.05) is 0 Å². The van der Waals surface area contributed by atoms with Gasteiger partial charge in [-0.2, -0.15) is 5.10 Å². The SMILES string of the molecule is Cc1nn(C)c(CC(O)CC2CCCO2)c1Br. The summed E-state index contributed by atoms with van der Waals surface area (Å²) in [7, 11) is 1.91. The van der Waals surface area contributed by atoms with Gasteiger partial charge in [-0.05, 0) is 42.1 Å². The smallest absolute Gasteiger partial charge is 0.0738 e. The maximum absolute atomic E-state index is 10.1. The fraction of sp³-hybridized carbons (Fsp3) is 0.750. The number of hydrogen-bond acceptors (Lipinski definition) is 3. The van der Waals surface area contributed by atoms with Crippen LogP contribution >= 0.6 is 15.9 Å². The van der Waals surface area contributed by atoms with Crippen molar-refractivity contribution in [2.24, 2.45) is 7.05 Å². The molecule has 0 amide bonds. The summed E-state index contributed by atoms with van der Waals surface area (Å²) in [4.78, 5) is 0. The van der Waals surface area contributed by atoms with E-state index in [4.69, 9.17) is 4.74 Å². The van der Waals surface area contributed by atoms with Crippen LogP contribution < -0.4 is 0 Å². The lowest BCUT2D eigenvalue weighted by molar-refractivity contribution is 0.0533. The summed E-state index contributed by atoms with van der Waals surface area (Å²) in [5.74, 6) is 0. The van der Waals surface area contributed by atoms with Gasteiger partial charge in [0.15, 0.2) is 0 Å². The molecule has 4 nitrogen and oxygen atoms in total. The number of aromatic nitrogens is 2. The van der Waals surface area contributed by atoms with Crippen LogP contribution in [0.15, 0.2) is 4.47 Å². The molecule has 1 saturated heterocycles. The zero-order valence-electron chi connectivity index (χ0n) is 10.3. The minimum Gasteiger partial charge on any atom is -0.393 e. The summed E-state index contributed by atoms with van der Waals surface area (Å²) in [6.45, 7) is 2.80. The maximum atomic E-state index is 10.1. The number of ether oxygens (including phenoxy) is 1. The molecule has 0 radical (unpaired) electrons. The first-order valence-electron chi connectivity index (χ1n) is 6.05. The quantitative estimate of drug-likeness (QED) is 0.925. The number of halogens is 1. The van der Waals surface area contributed by atoms with Crippen LogP contribution in [-0.4, -0.2) is 33.7 Å². The Morgan fingerprint density at radius 3 is 2.94 bits per heavy atom. The molecule has 2 atom stereocenters. The lowest BCUT2D eigenvalue weighted by Gasteiger charge is -2.15. The van der Waals surface area contributed by atoms with E-state index in [1.54, 1.807) is 0 Å². The minimum atomic E-state index is -0.357. The molecule has 0 aromatic carbocycles. The molecular weight excluding hydrogens is 284 g/mol. The summed E-state index contributed by atoms with van der Waals surface area (Å²) in [5.41, 5.74) is 2.01. The Morgan fingerprint density at radius 1 is 1.65 bits per heavy atom. The lowest BCUT2D eigenvalue weighted by atomic mass is 10.0. The van der Waals surface area contributed by atoms with Gasteiger partial charge in [0, 0.05) is 20.1 Å². The van der Waals surface area contributed by atoms with Gasteiger partial charge in [0.25, 0.3) is 0 Å². The molecule has 17 heavy (non-hydrogen) atoms. The van der Waals surface area contributed by atoms with Crippen LogP contribution in [0.3, 0.4) is 0 Å². The Labute approximate surface area is 110 Å². The second-order valence-electron chi connectivity index (χ2n) is 4.70. The van der Waals surface area contributed by atoms with Gasteiger partial charge >= 0.3 is 0 Å². The third-order valence-corrected chi connectivity index (χ3v) is 4.28. The molecule has 0 bridgehead atoms. The van der Waals surface area contributed by atoms with Gasteiger partial charge in [-0.25, -0.2) is 0 Å². The molecule has 2 heterocycles. The van der Waals surface area contributed by atoms with Crippen LogP contribution in [0.2, 0.25) is 0 Å². The van der Waals surface area contributed by atoms with Crippen LogP contribution in [0.4, 0.5) is 0 Å². The van der Waals surface area contributed by atoms with E-state index in [1.165, 1.54) is 0 Å². The van der Waals surface area contributed by atoms with Crippen LogP contribution in [-0.2, 0) is 18.2 Å². The van der Waals surface area contributed by atoms with E-state index < -0.39 is 0 Å².